The minimum absolute atomic E-state index is 0.101. The van der Waals surface area contributed by atoms with Crippen molar-refractivity contribution >= 4 is 15.6 Å². The van der Waals surface area contributed by atoms with E-state index < -0.39 is 26.3 Å². The monoisotopic (exact) mass is 426 g/mol. The van der Waals surface area contributed by atoms with Gasteiger partial charge in [-0.3, -0.25) is 4.79 Å². The highest BCUT2D eigenvalue weighted by Crippen LogP contribution is 2.30. The molecule has 0 amide bonds. The average molecular weight is 427 g/mol. The van der Waals surface area contributed by atoms with Gasteiger partial charge in [0.05, 0.1) is 16.1 Å². The summed E-state index contributed by atoms with van der Waals surface area (Å²) < 4.78 is 61.9. The topological polar surface area (TPSA) is 51.2 Å². The zero-order chi connectivity index (χ0) is 22.0. The van der Waals surface area contributed by atoms with Gasteiger partial charge in [-0.05, 0) is 62.9 Å². The molecule has 0 unspecified atom stereocenters. The molecule has 29 heavy (non-hydrogen) atoms. The molecule has 0 bridgehead atoms. The molecular formula is C22H25F3O3S. The average Bonchev–Trinajstić information content (AvgIpc) is 2.59. The molecule has 2 rings (SSSR count). The summed E-state index contributed by atoms with van der Waals surface area (Å²) >= 11 is 0. The van der Waals surface area contributed by atoms with Crippen molar-refractivity contribution < 1.29 is 26.4 Å². The van der Waals surface area contributed by atoms with Crippen molar-refractivity contribution in [3.05, 3.63) is 70.3 Å². The van der Waals surface area contributed by atoms with Crippen LogP contribution in [0.4, 0.5) is 13.2 Å². The lowest BCUT2D eigenvalue weighted by Crippen LogP contribution is -2.29. The molecule has 0 aliphatic heterocycles. The van der Waals surface area contributed by atoms with E-state index in [2.05, 4.69) is 0 Å². The van der Waals surface area contributed by atoms with Crippen LogP contribution in [0.2, 0.25) is 0 Å². The molecule has 158 valence electrons. The van der Waals surface area contributed by atoms with Gasteiger partial charge in [0.25, 0.3) is 0 Å². The van der Waals surface area contributed by atoms with E-state index in [0.717, 1.165) is 12.1 Å². The summed E-state index contributed by atoms with van der Waals surface area (Å²) in [6.07, 6.45) is -3.89. The Hall–Kier alpha value is -2.15. The maximum absolute atomic E-state index is 12.7. The van der Waals surface area contributed by atoms with Crippen molar-refractivity contribution in [1.82, 2.24) is 0 Å². The van der Waals surface area contributed by atoms with Crippen LogP contribution in [0.1, 0.15) is 59.8 Å². The van der Waals surface area contributed by atoms with E-state index in [0.29, 0.717) is 28.7 Å². The van der Waals surface area contributed by atoms with E-state index in [-0.39, 0.29) is 18.0 Å². The lowest BCUT2D eigenvalue weighted by molar-refractivity contribution is -0.137. The Morgan fingerprint density at radius 1 is 0.966 bits per heavy atom. The molecule has 0 fully saturated rings. The molecule has 0 atom stereocenters. The largest absolute Gasteiger partial charge is 0.416 e. The standard InChI is InChI=1S/C22H25F3O3S/c1-15-13-19(22(23,24)25)11-9-17(15)10-12-20(26)18-7-5-16(6-8-18)14-29(27,28)21(2,3)4/h5-9,11,13H,10,12,14H2,1-4H3. The maximum atomic E-state index is 12.7. The highest BCUT2D eigenvalue weighted by Gasteiger charge is 2.31. The lowest BCUT2D eigenvalue weighted by Gasteiger charge is -2.19. The predicted octanol–water partition coefficient (Wildman–Crippen LogP) is 5.54. The van der Waals surface area contributed by atoms with E-state index in [4.69, 9.17) is 0 Å². The molecule has 0 aliphatic rings. The van der Waals surface area contributed by atoms with Gasteiger partial charge in [-0.2, -0.15) is 13.2 Å². The van der Waals surface area contributed by atoms with Gasteiger partial charge in [0.2, 0.25) is 0 Å². The van der Waals surface area contributed by atoms with Crippen molar-refractivity contribution in [1.29, 1.82) is 0 Å². The Labute approximate surface area is 169 Å². The SMILES string of the molecule is Cc1cc(C(F)(F)F)ccc1CCC(=O)c1ccc(CS(=O)(=O)C(C)(C)C)cc1. The molecule has 7 heteroatoms. The van der Waals surface area contributed by atoms with Crippen LogP contribution in [-0.4, -0.2) is 18.9 Å². The molecule has 2 aromatic carbocycles. The van der Waals surface area contributed by atoms with Gasteiger partial charge in [0, 0.05) is 12.0 Å². The molecule has 0 heterocycles. The summed E-state index contributed by atoms with van der Waals surface area (Å²) in [5.74, 6) is -0.245. The first kappa shape index (κ1) is 23.1. The molecule has 0 saturated heterocycles. The summed E-state index contributed by atoms with van der Waals surface area (Å²) in [7, 11) is -3.31. The van der Waals surface area contributed by atoms with Gasteiger partial charge in [-0.25, -0.2) is 8.42 Å². The number of Topliss-reactive ketones (excluding diaryl/α,β-unsaturated/α-hetero) is 1. The fraction of sp³-hybridized carbons (Fsp3) is 0.409. The van der Waals surface area contributed by atoms with Crippen LogP contribution in [-0.2, 0) is 28.2 Å². The van der Waals surface area contributed by atoms with E-state index in [1.807, 2.05) is 0 Å². The molecule has 0 spiro atoms. The third-order valence-electron chi connectivity index (χ3n) is 4.86. The molecule has 0 aliphatic carbocycles. The summed E-state index contributed by atoms with van der Waals surface area (Å²) in [6, 6.07) is 9.96. The molecular weight excluding hydrogens is 401 g/mol. The van der Waals surface area contributed by atoms with E-state index in [9.17, 15) is 26.4 Å². The number of rotatable bonds is 6. The second-order valence-corrected chi connectivity index (χ2v) is 10.9. The Kier molecular flexibility index (Phi) is 6.62. The number of aryl methyl sites for hydroxylation is 2. The lowest BCUT2D eigenvalue weighted by atomic mass is 9.97. The fourth-order valence-electron chi connectivity index (χ4n) is 2.77. The summed E-state index contributed by atoms with van der Waals surface area (Å²) in [4.78, 5) is 12.4. The Morgan fingerprint density at radius 2 is 1.55 bits per heavy atom. The Morgan fingerprint density at radius 3 is 2.03 bits per heavy atom. The van der Waals surface area contributed by atoms with Crippen LogP contribution >= 0.6 is 0 Å². The minimum Gasteiger partial charge on any atom is -0.294 e. The fourth-order valence-corrected chi connectivity index (χ4v) is 3.83. The minimum atomic E-state index is -4.39. The number of halogens is 3. The number of hydrogen-bond donors (Lipinski definition) is 0. The summed E-state index contributed by atoms with van der Waals surface area (Å²) in [6.45, 7) is 6.52. The van der Waals surface area contributed by atoms with Crippen LogP contribution in [0.3, 0.4) is 0 Å². The number of alkyl halides is 3. The number of ketones is 1. The zero-order valence-electron chi connectivity index (χ0n) is 16.9. The quantitative estimate of drug-likeness (QED) is 0.570. The highest BCUT2D eigenvalue weighted by atomic mass is 32.2. The third-order valence-corrected chi connectivity index (χ3v) is 7.44. The van der Waals surface area contributed by atoms with Crippen LogP contribution in [0, 0.1) is 6.92 Å². The number of carbonyl (C=O) groups is 1. The second-order valence-electron chi connectivity index (χ2n) is 8.13. The summed E-state index contributed by atoms with van der Waals surface area (Å²) in [5.41, 5.74) is 1.54. The van der Waals surface area contributed by atoms with Crippen molar-refractivity contribution in [3.8, 4) is 0 Å². The van der Waals surface area contributed by atoms with Crippen molar-refractivity contribution in [3.63, 3.8) is 0 Å². The van der Waals surface area contributed by atoms with Crippen molar-refractivity contribution in [2.24, 2.45) is 0 Å². The van der Waals surface area contributed by atoms with Gasteiger partial charge in [-0.15, -0.1) is 0 Å². The summed E-state index contributed by atoms with van der Waals surface area (Å²) in [5, 5.41) is 0. The zero-order valence-corrected chi connectivity index (χ0v) is 17.7. The molecule has 3 nitrogen and oxygen atoms in total. The maximum Gasteiger partial charge on any atom is 0.416 e. The first-order valence-electron chi connectivity index (χ1n) is 9.22. The van der Waals surface area contributed by atoms with Gasteiger partial charge in [0.15, 0.2) is 15.6 Å². The number of hydrogen-bond acceptors (Lipinski definition) is 3. The molecule has 2 aromatic rings. The van der Waals surface area contributed by atoms with E-state index >= 15 is 0 Å². The van der Waals surface area contributed by atoms with Crippen LogP contribution < -0.4 is 0 Å². The molecule has 0 radical (unpaired) electrons. The first-order valence-corrected chi connectivity index (χ1v) is 10.9. The van der Waals surface area contributed by atoms with Gasteiger partial charge in [-0.1, -0.05) is 30.3 Å². The van der Waals surface area contributed by atoms with Crippen molar-refractivity contribution in [2.45, 2.75) is 57.2 Å². The Bertz CT molecular complexity index is 983. The van der Waals surface area contributed by atoms with E-state index in [1.165, 1.54) is 6.07 Å². The number of sulfone groups is 1. The number of benzene rings is 2. The van der Waals surface area contributed by atoms with Crippen LogP contribution in [0.25, 0.3) is 0 Å². The first-order chi connectivity index (χ1) is 13.2. The molecule has 0 N–H and O–H groups in total. The predicted molar refractivity (Wildman–Crippen MR) is 108 cm³/mol. The second kappa shape index (κ2) is 8.30. The normalized spacial score (nSPS) is 12.8. The van der Waals surface area contributed by atoms with Crippen molar-refractivity contribution in [2.75, 3.05) is 0 Å². The highest BCUT2D eigenvalue weighted by molar-refractivity contribution is 7.91. The number of carbonyl (C=O) groups excluding carboxylic acids is 1. The molecule has 0 aromatic heterocycles. The third kappa shape index (κ3) is 5.92. The van der Waals surface area contributed by atoms with Gasteiger partial charge < -0.3 is 0 Å². The van der Waals surface area contributed by atoms with Crippen LogP contribution in [0.15, 0.2) is 42.5 Å². The molecule has 0 saturated carbocycles. The van der Waals surface area contributed by atoms with E-state index in [1.54, 1.807) is 52.0 Å². The Balaban J connectivity index is 2.03. The van der Waals surface area contributed by atoms with Gasteiger partial charge >= 0.3 is 6.18 Å². The smallest absolute Gasteiger partial charge is 0.294 e. The van der Waals surface area contributed by atoms with Gasteiger partial charge in [0.1, 0.15) is 0 Å². The van der Waals surface area contributed by atoms with Crippen LogP contribution in [0.5, 0.6) is 0 Å².